The first kappa shape index (κ1) is 11.7. The van der Waals surface area contributed by atoms with E-state index >= 15 is 0 Å². The van der Waals surface area contributed by atoms with Crippen molar-refractivity contribution in [1.82, 2.24) is 0 Å². The number of carbonyl (C=O) groups is 1. The average molecular weight is 208 g/mol. The quantitative estimate of drug-likeness (QED) is 0.798. The third-order valence-electron chi connectivity index (χ3n) is 2.82. The van der Waals surface area contributed by atoms with Gasteiger partial charge in [-0.3, -0.25) is 0 Å². The minimum absolute atomic E-state index is 0.435. The standard InChI is InChI=1S/C12H16O3/c1-8-5-4-6-10(7-8)9(2)12(3,15)11(13)14/h4-7,9,15H,1-3H3,(H,13,14). The van der Waals surface area contributed by atoms with E-state index in [-0.39, 0.29) is 0 Å². The number of hydrogen-bond donors (Lipinski definition) is 2. The van der Waals surface area contributed by atoms with Gasteiger partial charge < -0.3 is 10.2 Å². The predicted molar refractivity (Wildman–Crippen MR) is 57.9 cm³/mol. The van der Waals surface area contributed by atoms with Crippen LogP contribution in [0.2, 0.25) is 0 Å². The molecule has 0 aliphatic carbocycles. The van der Waals surface area contributed by atoms with Crippen molar-refractivity contribution in [2.75, 3.05) is 0 Å². The Balaban J connectivity index is 3.04. The van der Waals surface area contributed by atoms with Gasteiger partial charge >= 0.3 is 5.97 Å². The van der Waals surface area contributed by atoms with E-state index in [4.69, 9.17) is 5.11 Å². The molecule has 15 heavy (non-hydrogen) atoms. The zero-order valence-corrected chi connectivity index (χ0v) is 9.19. The number of aliphatic carboxylic acids is 1. The number of aryl methyl sites for hydroxylation is 1. The molecule has 3 heteroatoms. The summed E-state index contributed by atoms with van der Waals surface area (Å²) in [6, 6.07) is 7.52. The molecule has 2 atom stereocenters. The highest BCUT2D eigenvalue weighted by molar-refractivity contribution is 5.78. The lowest BCUT2D eigenvalue weighted by atomic mass is 9.84. The summed E-state index contributed by atoms with van der Waals surface area (Å²) in [6.07, 6.45) is 0. The van der Waals surface area contributed by atoms with E-state index in [0.717, 1.165) is 11.1 Å². The third-order valence-corrected chi connectivity index (χ3v) is 2.82. The first-order valence-electron chi connectivity index (χ1n) is 4.88. The fourth-order valence-electron chi connectivity index (χ4n) is 1.45. The highest BCUT2D eigenvalue weighted by atomic mass is 16.4. The second-order valence-electron chi connectivity index (χ2n) is 4.09. The van der Waals surface area contributed by atoms with E-state index in [1.165, 1.54) is 6.92 Å². The van der Waals surface area contributed by atoms with Gasteiger partial charge in [0.2, 0.25) is 0 Å². The van der Waals surface area contributed by atoms with Gasteiger partial charge in [-0.2, -0.15) is 0 Å². The lowest BCUT2D eigenvalue weighted by Gasteiger charge is -2.26. The third kappa shape index (κ3) is 2.36. The van der Waals surface area contributed by atoms with Crippen LogP contribution in [0.4, 0.5) is 0 Å². The monoisotopic (exact) mass is 208 g/mol. The predicted octanol–water partition coefficient (Wildman–Crippen LogP) is 1.93. The summed E-state index contributed by atoms with van der Waals surface area (Å²) >= 11 is 0. The Bertz CT molecular complexity index is 369. The molecule has 82 valence electrons. The molecule has 0 saturated heterocycles. The van der Waals surface area contributed by atoms with Crippen LogP contribution in [-0.4, -0.2) is 21.8 Å². The van der Waals surface area contributed by atoms with Gasteiger partial charge in [-0.15, -0.1) is 0 Å². The minimum atomic E-state index is -1.73. The maximum Gasteiger partial charge on any atom is 0.336 e. The Hall–Kier alpha value is -1.35. The zero-order valence-electron chi connectivity index (χ0n) is 9.19. The van der Waals surface area contributed by atoms with Crippen LogP contribution < -0.4 is 0 Å². The Kier molecular flexibility index (Phi) is 3.15. The van der Waals surface area contributed by atoms with Crippen LogP contribution in [0, 0.1) is 6.92 Å². The van der Waals surface area contributed by atoms with Crippen molar-refractivity contribution >= 4 is 5.97 Å². The molecule has 0 heterocycles. The molecule has 1 aromatic rings. The van der Waals surface area contributed by atoms with Gasteiger partial charge in [0.25, 0.3) is 0 Å². The van der Waals surface area contributed by atoms with Crippen molar-refractivity contribution in [3.05, 3.63) is 35.4 Å². The van der Waals surface area contributed by atoms with Crippen LogP contribution in [0.3, 0.4) is 0 Å². The molecule has 0 spiro atoms. The van der Waals surface area contributed by atoms with E-state index in [1.54, 1.807) is 6.92 Å². The van der Waals surface area contributed by atoms with Crippen LogP contribution in [-0.2, 0) is 4.79 Å². The Morgan fingerprint density at radius 1 is 1.47 bits per heavy atom. The zero-order chi connectivity index (χ0) is 11.6. The number of hydrogen-bond acceptors (Lipinski definition) is 2. The highest BCUT2D eigenvalue weighted by Crippen LogP contribution is 2.28. The van der Waals surface area contributed by atoms with Crippen LogP contribution in [0.25, 0.3) is 0 Å². The van der Waals surface area contributed by atoms with Gasteiger partial charge in [0, 0.05) is 5.92 Å². The lowest BCUT2D eigenvalue weighted by molar-refractivity contribution is -0.158. The molecular weight excluding hydrogens is 192 g/mol. The van der Waals surface area contributed by atoms with E-state index in [1.807, 2.05) is 31.2 Å². The maximum atomic E-state index is 10.9. The van der Waals surface area contributed by atoms with E-state index in [9.17, 15) is 9.90 Å². The second-order valence-corrected chi connectivity index (χ2v) is 4.09. The van der Waals surface area contributed by atoms with Gasteiger partial charge in [0.1, 0.15) is 0 Å². The van der Waals surface area contributed by atoms with Gasteiger partial charge in [0.15, 0.2) is 5.60 Å². The van der Waals surface area contributed by atoms with Crippen LogP contribution in [0.1, 0.15) is 30.9 Å². The summed E-state index contributed by atoms with van der Waals surface area (Å²) in [7, 11) is 0. The molecule has 1 aromatic carbocycles. The van der Waals surface area contributed by atoms with Crippen LogP contribution in [0.5, 0.6) is 0 Å². The number of rotatable bonds is 3. The van der Waals surface area contributed by atoms with E-state index in [2.05, 4.69) is 0 Å². The largest absolute Gasteiger partial charge is 0.479 e. The molecule has 3 nitrogen and oxygen atoms in total. The van der Waals surface area contributed by atoms with E-state index < -0.39 is 17.5 Å². The summed E-state index contributed by atoms with van der Waals surface area (Å²) in [6.45, 7) is 4.97. The normalized spacial score (nSPS) is 16.8. The summed E-state index contributed by atoms with van der Waals surface area (Å²) < 4.78 is 0. The highest BCUT2D eigenvalue weighted by Gasteiger charge is 2.37. The van der Waals surface area contributed by atoms with Gasteiger partial charge in [-0.05, 0) is 19.4 Å². The first-order chi connectivity index (χ1) is 6.85. The molecule has 0 bridgehead atoms. The number of carboxylic acid groups (broad SMARTS) is 1. The average Bonchev–Trinajstić information content (AvgIpc) is 2.16. The summed E-state index contributed by atoms with van der Waals surface area (Å²) in [4.78, 5) is 10.9. The Morgan fingerprint density at radius 2 is 2.07 bits per heavy atom. The second kappa shape index (κ2) is 4.03. The summed E-state index contributed by atoms with van der Waals surface area (Å²) in [5.41, 5.74) is 0.163. The molecule has 0 aliphatic heterocycles. The number of aliphatic hydroxyl groups is 1. The van der Waals surface area contributed by atoms with E-state index in [0.29, 0.717) is 0 Å². The molecule has 0 amide bonds. The van der Waals surface area contributed by atoms with Gasteiger partial charge in [-0.25, -0.2) is 4.79 Å². The van der Waals surface area contributed by atoms with Crippen LogP contribution >= 0.6 is 0 Å². The molecule has 0 saturated carbocycles. The van der Waals surface area contributed by atoms with Crippen molar-refractivity contribution in [2.45, 2.75) is 32.3 Å². The molecule has 0 fully saturated rings. The molecule has 2 N–H and O–H groups in total. The topological polar surface area (TPSA) is 57.5 Å². The minimum Gasteiger partial charge on any atom is -0.479 e. The Labute approximate surface area is 89.4 Å². The lowest BCUT2D eigenvalue weighted by Crippen LogP contribution is -2.40. The molecule has 0 aliphatic rings. The molecule has 2 unspecified atom stereocenters. The smallest absolute Gasteiger partial charge is 0.336 e. The van der Waals surface area contributed by atoms with Crippen molar-refractivity contribution in [1.29, 1.82) is 0 Å². The van der Waals surface area contributed by atoms with Crippen molar-refractivity contribution in [3.63, 3.8) is 0 Å². The maximum absolute atomic E-state index is 10.9. The fraction of sp³-hybridized carbons (Fsp3) is 0.417. The van der Waals surface area contributed by atoms with Gasteiger partial charge in [0.05, 0.1) is 0 Å². The molecule has 0 aromatic heterocycles. The summed E-state index contributed by atoms with van der Waals surface area (Å²) in [5, 5.41) is 18.7. The van der Waals surface area contributed by atoms with Crippen molar-refractivity contribution in [3.8, 4) is 0 Å². The number of carboxylic acids is 1. The fourth-order valence-corrected chi connectivity index (χ4v) is 1.45. The van der Waals surface area contributed by atoms with Gasteiger partial charge in [-0.1, -0.05) is 36.8 Å². The SMILES string of the molecule is Cc1cccc(C(C)C(C)(O)C(=O)O)c1. The first-order valence-corrected chi connectivity index (χ1v) is 4.88. The van der Waals surface area contributed by atoms with Crippen molar-refractivity contribution < 1.29 is 15.0 Å². The molecule has 1 rings (SSSR count). The number of benzene rings is 1. The molecule has 0 radical (unpaired) electrons. The van der Waals surface area contributed by atoms with Crippen LogP contribution in [0.15, 0.2) is 24.3 Å². The summed E-state index contributed by atoms with van der Waals surface area (Å²) in [5.74, 6) is -1.63. The Morgan fingerprint density at radius 3 is 2.53 bits per heavy atom. The molecular formula is C12H16O3. The van der Waals surface area contributed by atoms with Crippen molar-refractivity contribution in [2.24, 2.45) is 0 Å².